The van der Waals surface area contributed by atoms with E-state index in [0.29, 0.717) is 6.54 Å². The largest absolute Gasteiger partial charge is 0.435 e. The Hall–Kier alpha value is -1.24. The van der Waals surface area contributed by atoms with Crippen LogP contribution in [0.2, 0.25) is 0 Å². The van der Waals surface area contributed by atoms with Crippen LogP contribution in [0.1, 0.15) is 30.9 Å². The van der Waals surface area contributed by atoms with Gasteiger partial charge in [-0.1, -0.05) is 18.6 Å². The Balaban J connectivity index is 1.95. The zero-order valence-electron chi connectivity index (χ0n) is 11.4. The fraction of sp³-hybridized carbons (Fsp3) is 0.571. The van der Waals surface area contributed by atoms with Gasteiger partial charge in [-0.25, -0.2) is 10.4 Å². The van der Waals surface area contributed by atoms with E-state index in [1.54, 1.807) is 24.3 Å². The molecule has 0 amide bonds. The number of alkyl halides is 2. The highest BCUT2D eigenvalue weighted by Crippen LogP contribution is 2.20. The lowest BCUT2D eigenvalue weighted by Crippen LogP contribution is -2.45. The van der Waals surface area contributed by atoms with Gasteiger partial charge in [0, 0.05) is 19.6 Å². The molecule has 0 spiro atoms. The number of piperidine rings is 1. The van der Waals surface area contributed by atoms with Crippen molar-refractivity contribution in [2.45, 2.75) is 31.9 Å². The molecule has 0 saturated carbocycles. The lowest BCUT2D eigenvalue weighted by atomic mass is 10.1. The number of benzene rings is 1. The maximum absolute atomic E-state index is 12.1. The van der Waals surface area contributed by atoms with Crippen LogP contribution in [0.25, 0.3) is 0 Å². The van der Waals surface area contributed by atoms with Gasteiger partial charge < -0.3 is 10.5 Å². The summed E-state index contributed by atoms with van der Waals surface area (Å²) < 4.78 is 28.5. The Morgan fingerprint density at radius 1 is 1.15 bits per heavy atom. The van der Waals surface area contributed by atoms with E-state index < -0.39 is 6.61 Å². The second-order valence-corrected chi connectivity index (χ2v) is 4.91. The number of hydrazine groups is 1. The molecule has 1 saturated heterocycles. The number of hydrogen-bond acceptors (Lipinski definition) is 4. The highest BCUT2D eigenvalue weighted by molar-refractivity contribution is 5.29. The first-order valence-electron chi connectivity index (χ1n) is 6.95. The van der Waals surface area contributed by atoms with Crippen molar-refractivity contribution < 1.29 is 13.5 Å². The molecule has 6 heteroatoms. The molecule has 1 atom stereocenters. The van der Waals surface area contributed by atoms with E-state index in [4.69, 9.17) is 5.73 Å². The number of ether oxygens (including phenoxy) is 1. The Bertz CT molecular complexity index is 394. The van der Waals surface area contributed by atoms with E-state index in [-0.39, 0.29) is 11.8 Å². The summed E-state index contributed by atoms with van der Waals surface area (Å²) in [5, 5.41) is 2.19. The van der Waals surface area contributed by atoms with Gasteiger partial charge in [-0.2, -0.15) is 8.78 Å². The summed E-state index contributed by atoms with van der Waals surface area (Å²) in [6.45, 7) is -0.310. The van der Waals surface area contributed by atoms with Crippen LogP contribution in [0.3, 0.4) is 0 Å². The first-order chi connectivity index (χ1) is 9.69. The molecule has 1 aliphatic rings. The van der Waals surface area contributed by atoms with Gasteiger partial charge in [0.25, 0.3) is 0 Å². The van der Waals surface area contributed by atoms with E-state index in [9.17, 15) is 8.78 Å². The Labute approximate surface area is 117 Å². The average molecular weight is 285 g/mol. The molecule has 1 aromatic carbocycles. The van der Waals surface area contributed by atoms with Gasteiger partial charge >= 0.3 is 6.61 Å². The molecule has 4 nitrogen and oxygen atoms in total. The summed E-state index contributed by atoms with van der Waals surface area (Å²) in [5.41, 5.74) is 10.2. The van der Waals surface area contributed by atoms with Crippen molar-refractivity contribution in [3.63, 3.8) is 0 Å². The summed E-state index contributed by atoms with van der Waals surface area (Å²) in [5.74, 6) is 0.164. The summed E-state index contributed by atoms with van der Waals surface area (Å²) in [6.07, 6.45) is 3.64. The van der Waals surface area contributed by atoms with Crippen LogP contribution in [0.4, 0.5) is 8.78 Å². The quantitative estimate of drug-likeness (QED) is 0.842. The maximum Gasteiger partial charge on any atom is 0.387 e. The maximum atomic E-state index is 12.1. The summed E-state index contributed by atoms with van der Waals surface area (Å²) in [7, 11) is 0. The monoisotopic (exact) mass is 285 g/mol. The van der Waals surface area contributed by atoms with Crippen LogP contribution in [0, 0.1) is 0 Å². The second-order valence-electron chi connectivity index (χ2n) is 4.91. The molecule has 1 fully saturated rings. The molecular formula is C14H21F2N3O. The van der Waals surface area contributed by atoms with Crippen molar-refractivity contribution in [2.24, 2.45) is 5.73 Å². The second kappa shape index (κ2) is 7.52. The molecule has 0 bridgehead atoms. The van der Waals surface area contributed by atoms with E-state index in [1.165, 1.54) is 19.3 Å². The molecule has 3 N–H and O–H groups in total. The van der Waals surface area contributed by atoms with Gasteiger partial charge in [-0.05, 0) is 30.5 Å². The minimum Gasteiger partial charge on any atom is -0.435 e. The molecule has 0 radical (unpaired) electrons. The van der Waals surface area contributed by atoms with E-state index in [2.05, 4.69) is 15.2 Å². The standard InChI is InChI=1S/C14H21F2N3O/c15-14(16)20-12-6-4-11(5-7-12)13(10-17)18-19-8-2-1-3-9-19/h4-7,13-14,18H,1-3,8-10,17H2. The fourth-order valence-electron chi connectivity index (χ4n) is 2.39. The normalized spacial score (nSPS) is 18.2. The summed E-state index contributed by atoms with van der Waals surface area (Å²) in [4.78, 5) is 0. The van der Waals surface area contributed by atoms with E-state index >= 15 is 0 Å². The first kappa shape index (κ1) is 15.2. The molecule has 20 heavy (non-hydrogen) atoms. The van der Waals surface area contributed by atoms with Crippen LogP contribution in [0.5, 0.6) is 5.75 Å². The molecule has 112 valence electrons. The predicted molar refractivity (Wildman–Crippen MR) is 73.4 cm³/mol. The van der Waals surface area contributed by atoms with E-state index in [0.717, 1.165) is 18.7 Å². The van der Waals surface area contributed by atoms with E-state index in [1.807, 2.05) is 0 Å². The average Bonchev–Trinajstić information content (AvgIpc) is 2.46. The third-order valence-electron chi connectivity index (χ3n) is 3.44. The lowest BCUT2D eigenvalue weighted by Gasteiger charge is -2.31. The van der Waals surface area contributed by atoms with Crippen molar-refractivity contribution >= 4 is 0 Å². The first-order valence-corrected chi connectivity index (χ1v) is 6.95. The molecular weight excluding hydrogens is 264 g/mol. The number of halogens is 2. The number of nitrogens with one attached hydrogen (secondary N) is 1. The predicted octanol–water partition coefficient (Wildman–Crippen LogP) is 2.28. The molecule has 1 heterocycles. The van der Waals surface area contributed by atoms with Gasteiger partial charge in [0.1, 0.15) is 5.75 Å². The van der Waals surface area contributed by atoms with Crippen LogP contribution < -0.4 is 15.9 Å². The van der Waals surface area contributed by atoms with Crippen molar-refractivity contribution in [1.29, 1.82) is 0 Å². The molecule has 0 aromatic heterocycles. The van der Waals surface area contributed by atoms with Gasteiger partial charge in [0.15, 0.2) is 0 Å². The molecule has 0 aliphatic carbocycles. The van der Waals surface area contributed by atoms with Crippen LogP contribution in [-0.4, -0.2) is 31.3 Å². The van der Waals surface area contributed by atoms with Crippen molar-refractivity contribution in [3.8, 4) is 5.75 Å². The third kappa shape index (κ3) is 4.40. The Morgan fingerprint density at radius 3 is 2.35 bits per heavy atom. The number of nitrogens with two attached hydrogens (primary N) is 1. The highest BCUT2D eigenvalue weighted by Gasteiger charge is 2.16. The van der Waals surface area contributed by atoms with Gasteiger partial charge in [-0.3, -0.25) is 0 Å². The Morgan fingerprint density at radius 2 is 1.80 bits per heavy atom. The minimum atomic E-state index is -2.79. The zero-order chi connectivity index (χ0) is 14.4. The van der Waals surface area contributed by atoms with Crippen molar-refractivity contribution in [3.05, 3.63) is 29.8 Å². The molecule has 2 rings (SSSR count). The fourth-order valence-corrected chi connectivity index (χ4v) is 2.39. The highest BCUT2D eigenvalue weighted by atomic mass is 19.3. The van der Waals surface area contributed by atoms with Crippen LogP contribution in [0.15, 0.2) is 24.3 Å². The third-order valence-corrected chi connectivity index (χ3v) is 3.44. The topological polar surface area (TPSA) is 50.5 Å². The van der Waals surface area contributed by atoms with Gasteiger partial charge in [-0.15, -0.1) is 0 Å². The van der Waals surface area contributed by atoms with Gasteiger partial charge in [0.05, 0.1) is 6.04 Å². The minimum absolute atomic E-state index is 0.00583. The number of hydrogen-bond donors (Lipinski definition) is 2. The summed E-state index contributed by atoms with van der Waals surface area (Å²) in [6, 6.07) is 6.62. The Kier molecular flexibility index (Phi) is 5.70. The van der Waals surface area contributed by atoms with Crippen LogP contribution in [-0.2, 0) is 0 Å². The lowest BCUT2D eigenvalue weighted by molar-refractivity contribution is -0.0498. The smallest absolute Gasteiger partial charge is 0.387 e. The SMILES string of the molecule is NCC(NN1CCCCC1)c1ccc(OC(F)F)cc1. The van der Waals surface area contributed by atoms with Crippen molar-refractivity contribution in [2.75, 3.05) is 19.6 Å². The number of nitrogens with zero attached hydrogens (tertiary/aromatic N) is 1. The molecule has 1 unspecified atom stereocenters. The van der Waals surface area contributed by atoms with Crippen molar-refractivity contribution in [1.82, 2.24) is 10.4 Å². The zero-order valence-corrected chi connectivity index (χ0v) is 11.4. The molecule has 1 aliphatic heterocycles. The number of rotatable bonds is 6. The summed E-state index contributed by atoms with van der Waals surface area (Å²) >= 11 is 0. The van der Waals surface area contributed by atoms with Crippen LogP contribution >= 0.6 is 0 Å². The van der Waals surface area contributed by atoms with Gasteiger partial charge in [0.2, 0.25) is 0 Å². The molecule has 1 aromatic rings.